The van der Waals surface area contributed by atoms with Crippen LogP contribution in [0.3, 0.4) is 0 Å². The summed E-state index contributed by atoms with van der Waals surface area (Å²) >= 11 is 0. The minimum absolute atomic E-state index is 0.203. The molecule has 1 heterocycles. The molecular weight excluding hydrogens is 372 g/mol. The van der Waals surface area contributed by atoms with E-state index in [1.54, 1.807) is 24.3 Å². The van der Waals surface area contributed by atoms with E-state index in [0.717, 1.165) is 23.1 Å². The third kappa shape index (κ3) is 4.45. The zero-order chi connectivity index (χ0) is 20.3. The lowest BCUT2D eigenvalue weighted by Gasteiger charge is -2.35. The fraction of sp³-hybridized carbons (Fsp3) is 0.409. The van der Waals surface area contributed by atoms with Gasteiger partial charge in [-0.15, -0.1) is 0 Å². The normalized spacial score (nSPS) is 17.4. The van der Waals surface area contributed by atoms with Gasteiger partial charge in [0.2, 0.25) is 15.9 Å². The molecule has 5 nitrogen and oxygen atoms in total. The van der Waals surface area contributed by atoms with Gasteiger partial charge < -0.3 is 5.32 Å². The van der Waals surface area contributed by atoms with E-state index in [9.17, 15) is 13.2 Å². The van der Waals surface area contributed by atoms with Crippen LogP contribution in [0.5, 0.6) is 0 Å². The van der Waals surface area contributed by atoms with E-state index in [1.807, 2.05) is 31.2 Å². The first-order valence-electron chi connectivity index (χ1n) is 9.72. The Morgan fingerprint density at radius 2 is 1.75 bits per heavy atom. The Morgan fingerprint density at radius 1 is 1.11 bits per heavy atom. The predicted molar refractivity (Wildman–Crippen MR) is 110 cm³/mol. The zero-order valence-corrected chi connectivity index (χ0v) is 17.5. The number of carbonyl (C=O) groups excluding carboxylic acids is 1. The zero-order valence-electron chi connectivity index (χ0n) is 16.7. The summed E-state index contributed by atoms with van der Waals surface area (Å²) in [5, 5.41) is 2.93. The number of fused-ring (bicyclic) bond motifs is 1. The van der Waals surface area contributed by atoms with E-state index in [-0.39, 0.29) is 17.3 Å². The van der Waals surface area contributed by atoms with Crippen LogP contribution in [-0.4, -0.2) is 31.2 Å². The van der Waals surface area contributed by atoms with Crippen LogP contribution < -0.4 is 5.32 Å². The number of nitrogens with one attached hydrogen (secondary N) is 1. The quantitative estimate of drug-likeness (QED) is 0.809. The minimum Gasteiger partial charge on any atom is -0.355 e. The standard InChI is InChI=1S/C22H28N2O3S/c1-16(2)12-13-23-22(25)21-14-18-6-4-5-7-19(18)15-24(21)28(26,27)20-10-8-17(3)9-11-20/h4-11,16,21H,12-15H2,1-3H3,(H,23,25). The number of sulfonamides is 1. The molecule has 1 aliphatic rings. The molecule has 0 aliphatic carbocycles. The van der Waals surface area contributed by atoms with Gasteiger partial charge in [0.15, 0.2) is 0 Å². The Kier molecular flexibility index (Phi) is 6.20. The summed E-state index contributed by atoms with van der Waals surface area (Å²) in [7, 11) is -3.78. The van der Waals surface area contributed by atoms with Gasteiger partial charge in [-0.25, -0.2) is 8.42 Å². The molecule has 0 saturated heterocycles. The summed E-state index contributed by atoms with van der Waals surface area (Å²) < 4.78 is 28.1. The van der Waals surface area contributed by atoms with Crippen LogP contribution in [0.4, 0.5) is 0 Å². The maximum Gasteiger partial charge on any atom is 0.244 e. The average molecular weight is 401 g/mol. The van der Waals surface area contributed by atoms with E-state index >= 15 is 0 Å². The van der Waals surface area contributed by atoms with Crippen LogP contribution in [0.1, 0.15) is 37.0 Å². The summed E-state index contributed by atoms with van der Waals surface area (Å²) in [4.78, 5) is 13.1. The first-order valence-corrected chi connectivity index (χ1v) is 11.2. The van der Waals surface area contributed by atoms with Gasteiger partial charge in [0, 0.05) is 13.1 Å². The Bertz CT molecular complexity index is 937. The molecule has 150 valence electrons. The van der Waals surface area contributed by atoms with E-state index in [4.69, 9.17) is 0 Å². The van der Waals surface area contributed by atoms with Crippen LogP contribution in [0.25, 0.3) is 0 Å². The number of carbonyl (C=O) groups is 1. The highest BCUT2D eigenvalue weighted by Crippen LogP contribution is 2.29. The van der Waals surface area contributed by atoms with Crippen molar-refractivity contribution in [3.8, 4) is 0 Å². The highest BCUT2D eigenvalue weighted by Gasteiger charge is 2.39. The lowest BCUT2D eigenvalue weighted by atomic mass is 9.95. The third-order valence-electron chi connectivity index (χ3n) is 5.16. The van der Waals surface area contributed by atoms with Crippen molar-refractivity contribution in [2.75, 3.05) is 6.54 Å². The van der Waals surface area contributed by atoms with Crippen molar-refractivity contribution >= 4 is 15.9 Å². The van der Waals surface area contributed by atoms with Crippen LogP contribution in [-0.2, 0) is 27.8 Å². The summed E-state index contributed by atoms with van der Waals surface area (Å²) in [6.07, 6.45) is 1.24. The van der Waals surface area contributed by atoms with E-state index in [1.165, 1.54) is 4.31 Å². The predicted octanol–water partition coefficient (Wildman–Crippen LogP) is 3.27. The lowest BCUT2D eigenvalue weighted by molar-refractivity contribution is -0.125. The van der Waals surface area contributed by atoms with Crippen LogP contribution >= 0.6 is 0 Å². The van der Waals surface area contributed by atoms with Gasteiger partial charge in [-0.05, 0) is 48.9 Å². The molecule has 0 bridgehead atoms. The first-order chi connectivity index (χ1) is 13.3. The molecule has 0 spiro atoms. The van der Waals surface area contributed by atoms with Crippen molar-refractivity contribution in [1.82, 2.24) is 9.62 Å². The molecule has 1 aliphatic heterocycles. The second-order valence-electron chi connectivity index (χ2n) is 7.83. The van der Waals surface area contributed by atoms with Gasteiger partial charge in [0.25, 0.3) is 0 Å². The third-order valence-corrected chi connectivity index (χ3v) is 7.03. The molecule has 1 N–H and O–H groups in total. The molecular formula is C22H28N2O3S. The molecule has 2 aromatic carbocycles. The molecule has 0 aromatic heterocycles. The largest absolute Gasteiger partial charge is 0.355 e. The van der Waals surface area contributed by atoms with E-state index in [0.29, 0.717) is 18.9 Å². The molecule has 3 rings (SSSR count). The number of hydrogen-bond donors (Lipinski definition) is 1. The summed E-state index contributed by atoms with van der Waals surface area (Å²) in [5.74, 6) is 0.241. The highest BCUT2D eigenvalue weighted by molar-refractivity contribution is 7.89. The van der Waals surface area contributed by atoms with Crippen LogP contribution in [0.2, 0.25) is 0 Å². The van der Waals surface area contributed by atoms with Gasteiger partial charge in [-0.2, -0.15) is 4.31 Å². The monoisotopic (exact) mass is 400 g/mol. The molecule has 1 atom stereocenters. The Morgan fingerprint density at radius 3 is 2.39 bits per heavy atom. The van der Waals surface area contributed by atoms with Crippen molar-refractivity contribution < 1.29 is 13.2 Å². The molecule has 1 unspecified atom stereocenters. The number of nitrogens with zero attached hydrogens (tertiary/aromatic N) is 1. The lowest BCUT2D eigenvalue weighted by Crippen LogP contribution is -2.52. The molecule has 0 fully saturated rings. The van der Waals surface area contributed by atoms with Crippen LogP contribution in [0, 0.1) is 12.8 Å². The smallest absolute Gasteiger partial charge is 0.244 e. The number of amides is 1. The fourth-order valence-electron chi connectivity index (χ4n) is 3.42. The van der Waals surface area contributed by atoms with Crippen LogP contribution in [0.15, 0.2) is 53.4 Å². The van der Waals surface area contributed by atoms with Gasteiger partial charge in [-0.3, -0.25) is 4.79 Å². The SMILES string of the molecule is Cc1ccc(S(=O)(=O)N2Cc3ccccc3CC2C(=O)NCCC(C)C)cc1. The highest BCUT2D eigenvalue weighted by atomic mass is 32.2. The average Bonchev–Trinajstić information content (AvgIpc) is 2.67. The molecule has 2 aromatic rings. The second kappa shape index (κ2) is 8.45. The summed E-state index contributed by atoms with van der Waals surface area (Å²) in [6, 6.07) is 13.8. The second-order valence-corrected chi connectivity index (χ2v) is 9.72. The maximum atomic E-state index is 13.4. The molecule has 1 amide bonds. The van der Waals surface area contributed by atoms with Crippen molar-refractivity contribution in [3.63, 3.8) is 0 Å². The number of benzene rings is 2. The topological polar surface area (TPSA) is 66.5 Å². The van der Waals surface area contributed by atoms with Gasteiger partial charge >= 0.3 is 0 Å². The van der Waals surface area contributed by atoms with Crippen molar-refractivity contribution in [2.24, 2.45) is 5.92 Å². The molecule has 28 heavy (non-hydrogen) atoms. The maximum absolute atomic E-state index is 13.4. The molecule has 6 heteroatoms. The van der Waals surface area contributed by atoms with Gasteiger partial charge in [-0.1, -0.05) is 55.8 Å². The Labute approximate surface area is 167 Å². The number of aryl methyl sites for hydroxylation is 1. The molecule has 0 radical (unpaired) electrons. The minimum atomic E-state index is -3.78. The first kappa shape index (κ1) is 20.6. The fourth-order valence-corrected chi connectivity index (χ4v) is 4.99. The van der Waals surface area contributed by atoms with Crippen molar-refractivity contribution in [2.45, 2.75) is 51.1 Å². The van der Waals surface area contributed by atoms with E-state index in [2.05, 4.69) is 19.2 Å². The number of rotatable bonds is 6. The Hall–Kier alpha value is -2.18. The van der Waals surface area contributed by atoms with E-state index < -0.39 is 16.1 Å². The summed E-state index contributed by atoms with van der Waals surface area (Å²) in [6.45, 7) is 6.86. The van der Waals surface area contributed by atoms with Gasteiger partial charge in [0.1, 0.15) is 6.04 Å². The number of hydrogen-bond acceptors (Lipinski definition) is 3. The summed E-state index contributed by atoms with van der Waals surface area (Å²) in [5.41, 5.74) is 2.97. The molecule has 0 saturated carbocycles. The Balaban J connectivity index is 1.92. The van der Waals surface area contributed by atoms with Crippen molar-refractivity contribution in [1.29, 1.82) is 0 Å². The van der Waals surface area contributed by atoms with Gasteiger partial charge in [0.05, 0.1) is 4.90 Å². The van der Waals surface area contributed by atoms with Crippen molar-refractivity contribution in [3.05, 3.63) is 65.2 Å².